The predicted octanol–water partition coefficient (Wildman–Crippen LogP) is 3.12. The van der Waals surface area contributed by atoms with Crippen LogP contribution in [0, 0.1) is 17.0 Å². The zero-order valence-electron chi connectivity index (χ0n) is 8.41. The van der Waals surface area contributed by atoms with Crippen LogP contribution in [-0.4, -0.2) is 10.1 Å². The third kappa shape index (κ3) is 2.01. The molecular weight excluding hydrogens is 228 g/mol. The number of nitro groups is 1. The number of nitrogens with zero attached hydrogens (tertiary/aromatic N) is 2. The molecule has 6 heteroatoms. The Bertz CT molecular complexity index is 528. The Kier molecular flexibility index (Phi) is 2.82. The van der Waals surface area contributed by atoms with Crippen molar-refractivity contribution in [3.05, 3.63) is 44.0 Å². The number of hydrogen-bond acceptors (Lipinski definition) is 5. The number of thiophene rings is 1. The summed E-state index contributed by atoms with van der Waals surface area (Å²) in [4.78, 5) is 11.3. The first-order chi connectivity index (χ1) is 7.68. The van der Waals surface area contributed by atoms with Crippen molar-refractivity contribution in [2.45, 2.75) is 6.92 Å². The van der Waals surface area contributed by atoms with Gasteiger partial charge in [0.1, 0.15) is 0 Å². The Labute approximate surface area is 95.2 Å². The fourth-order valence-electron chi connectivity index (χ4n) is 1.26. The summed E-state index contributed by atoms with van der Waals surface area (Å²) >= 11 is 1.55. The maximum absolute atomic E-state index is 10.7. The molecule has 2 aromatic rings. The third-order valence-electron chi connectivity index (χ3n) is 1.99. The van der Waals surface area contributed by atoms with Crippen molar-refractivity contribution in [2.24, 2.45) is 0 Å². The van der Waals surface area contributed by atoms with Crippen LogP contribution in [0.4, 0.5) is 5.69 Å². The molecule has 0 fully saturated rings. The molecule has 82 valence electrons. The van der Waals surface area contributed by atoms with Crippen LogP contribution in [0.5, 0.6) is 0 Å². The van der Waals surface area contributed by atoms with Crippen LogP contribution in [0.3, 0.4) is 0 Å². The summed E-state index contributed by atoms with van der Waals surface area (Å²) in [6.07, 6.45) is 3.36. The third-order valence-corrected chi connectivity index (χ3v) is 2.83. The number of rotatable bonds is 3. The highest BCUT2D eigenvalue weighted by molar-refractivity contribution is 7.10. The standard InChI is InChI=1S/C10H8N2O3S/c1-7-10(12(13)14)9(11-15-7)5-4-8-3-2-6-16-8/h2-6H,1H3. The first kappa shape index (κ1) is 10.6. The highest BCUT2D eigenvalue weighted by Crippen LogP contribution is 2.24. The van der Waals surface area contributed by atoms with E-state index in [0.29, 0.717) is 0 Å². The molecule has 16 heavy (non-hydrogen) atoms. The molecule has 0 bridgehead atoms. The van der Waals surface area contributed by atoms with Crippen LogP contribution >= 0.6 is 11.3 Å². The topological polar surface area (TPSA) is 69.2 Å². The number of hydrogen-bond donors (Lipinski definition) is 0. The molecule has 0 aliphatic heterocycles. The van der Waals surface area contributed by atoms with E-state index in [-0.39, 0.29) is 17.1 Å². The van der Waals surface area contributed by atoms with Gasteiger partial charge in [-0.3, -0.25) is 10.1 Å². The monoisotopic (exact) mass is 236 g/mol. The van der Waals surface area contributed by atoms with E-state index in [2.05, 4.69) is 5.16 Å². The second-order valence-electron chi connectivity index (χ2n) is 3.08. The summed E-state index contributed by atoms with van der Waals surface area (Å²) in [6.45, 7) is 1.52. The van der Waals surface area contributed by atoms with Crippen molar-refractivity contribution in [1.29, 1.82) is 0 Å². The van der Waals surface area contributed by atoms with Gasteiger partial charge in [0.25, 0.3) is 0 Å². The lowest BCUT2D eigenvalue weighted by Gasteiger charge is -1.86. The number of aromatic nitrogens is 1. The van der Waals surface area contributed by atoms with Crippen LogP contribution in [0.2, 0.25) is 0 Å². The Morgan fingerprint density at radius 2 is 2.38 bits per heavy atom. The van der Waals surface area contributed by atoms with Crippen molar-refractivity contribution >= 4 is 29.2 Å². The molecule has 0 unspecified atom stereocenters. The van der Waals surface area contributed by atoms with Gasteiger partial charge in [0.15, 0.2) is 5.69 Å². The van der Waals surface area contributed by atoms with E-state index < -0.39 is 4.92 Å². The summed E-state index contributed by atoms with van der Waals surface area (Å²) < 4.78 is 4.79. The predicted molar refractivity (Wildman–Crippen MR) is 61.1 cm³/mol. The van der Waals surface area contributed by atoms with Crippen molar-refractivity contribution in [3.63, 3.8) is 0 Å². The van der Waals surface area contributed by atoms with E-state index in [1.54, 1.807) is 23.5 Å². The number of aryl methyl sites for hydroxylation is 1. The summed E-state index contributed by atoms with van der Waals surface area (Å²) in [5, 5.41) is 16.3. The largest absolute Gasteiger partial charge is 0.354 e. The Hall–Kier alpha value is -1.95. The summed E-state index contributed by atoms with van der Waals surface area (Å²) in [5.74, 6) is 0.218. The SMILES string of the molecule is Cc1onc(C=Cc2cccs2)c1[N+](=O)[O-]. The molecular formula is C10H8N2O3S. The molecule has 0 atom stereocenters. The minimum absolute atomic E-state index is 0.0761. The highest BCUT2D eigenvalue weighted by atomic mass is 32.1. The average molecular weight is 236 g/mol. The first-order valence-corrected chi connectivity index (χ1v) is 5.38. The van der Waals surface area contributed by atoms with Gasteiger partial charge in [0, 0.05) is 11.8 Å². The maximum Gasteiger partial charge on any atom is 0.338 e. The molecule has 2 heterocycles. The fraction of sp³-hybridized carbons (Fsp3) is 0.100. The normalized spacial score (nSPS) is 11.1. The molecule has 0 aliphatic carbocycles. The van der Waals surface area contributed by atoms with Gasteiger partial charge in [-0.1, -0.05) is 11.2 Å². The zero-order valence-corrected chi connectivity index (χ0v) is 9.23. The van der Waals surface area contributed by atoms with Gasteiger partial charge < -0.3 is 4.52 Å². The van der Waals surface area contributed by atoms with Gasteiger partial charge in [-0.15, -0.1) is 11.3 Å². The Morgan fingerprint density at radius 1 is 1.56 bits per heavy atom. The minimum atomic E-state index is -0.486. The molecule has 0 aliphatic rings. The van der Waals surface area contributed by atoms with E-state index in [4.69, 9.17) is 4.52 Å². The lowest BCUT2D eigenvalue weighted by Crippen LogP contribution is -1.90. The Balaban J connectivity index is 2.32. The fourth-order valence-corrected chi connectivity index (χ4v) is 1.88. The second-order valence-corrected chi connectivity index (χ2v) is 4.06. The molecule has 0 radical (unpaired) electrons. The lowest BCUT2D eigenvalue weighted by molar-refractivity contribution is -0.386. The van der Waals surface area contributed by atoms with Gasteiger partial charge in [0.2, 0.25) is 5.76 Å². The summed E-state index contributed by atoms with van der Waals surface area (Å²) in [7, 11) is 0. The van der Waals surface area contributed by atoms with Crippen molar-refractivity contribution < 1.29 is 9.45 Å². The van der Waals surface area contributed by atoms with E-state index in [9.17, 15) is 10.1 Å². The molecule has 0 amide bonds. The van der Waals surface area contributed by atoms with Crippen LogP contribution in [0.1, 0.15) is 16.3 Å². The first-order valence-electron chi connectivity index (χ1n) is 4.50. The van der Waals surface area contributed by atoms with E-state index in [1.807, 2.05) is 17.5 Å². The van der Waals surface area contributed by atoms with E-state index >= 15 is 0 Å². The Morgan fingerprint density at radius 3 is 3.00 bits per heavy atom. The molecule has 0 saturated carbocycles. The van der Waals surface area contributed by atoms with E-state index in [1.165, 1.54) is 6.92 Å². The van der Waals surface area contributed by atoms with Gasteiger partial charge in [0.05, 0.1) is 4.92 Å². The highest BCUT2D eigenvalue weighted by Gasteiger charge is 2.21. The zero-order chi connectivity index (χ0) is 11.5. The maximum atomic E-state index is 10.7. The van der Waals surface area contributed by atoms with Crippen LogP contribution < -0.4 is 0 Å². The molecule has 0 N–H and O–H groups in total. The molecule has 5 nitrogen and oxygen atoms in total. The van der Waals surface area contributed by atoms with Gasteiger partial charge in [-0.2, -0.15) is 0 Å². The van der Waals surface area contributed by atoms with Crippen LogP contribution in [-0.2, 0) is 0 Å². The molecule has 0 spiro atoms. The molecule has 2 rings (SSSR count). The summed E-state index contributed by atoms with van der Waals surface area (Å²) in [6, 6.07) is 3.83. The van der Waals surface area contributed by atoms with E-state index in [0.717, 1.165) is 4.88 Å². The molecule has 2 aromatic heterocycles. The second kappa shape index (κ2) is 4.28. The van der Waals surface area contributed by atoms with Gasteiger partial charge >= 0.3 is 5.69 Å². The van der Waals surface area contributed by atoms with Crippen LogP contribution in [0.25, 0.3) is 12.2 Å². The van der Waals surface area contributed by atoms with Gasteiger partial charge in [-0.05, 0) is 23.6 Å². The van der Waals surface area contributed by atoms with Crippen molar-refractivity contribution in [3.8, 4) is 0 Å². The smallest absolute Gasteiger partial charge is 0.338 e. The minimum Gasteiger partial charge on any atom is -0.354 e. The van der Waals surface area contributed by atoms with Crippen LogP contribution in [0.15, 0.2) is 22.0 Å². The average Bonchev–Trinajstić information content (AvgIpc) is 2.83. The lowest BCUT2D eigenvalue weighted by atomic mass is 10.3. The summed E-state index contributed by atoms with van der Waals surface area (Å²) in [5.41, 5.74) is 0.170. The van der Waals surface area contributed by atoms with Crippen molar-refractivity contribution in [2.75, 3.05) is 0 Å². The van der Waals surface area contributed by atoms with Gasteiger partial charge in [-0.25, -0.2) is 0 Å². The quantitative estimate of drug-likeness (QED) is 0.606. The molecule has 0 aromatic carbocycles. The van der Waals surface area contributed by atoms with Crippen molar-refractivity contribution in [1.82, 2.24) is 5.16 Å². The molecule has 0 saturated heterocycles.